The lowest BCUT2D eigenvalue weighted by Crippen LogP contribution is -2.42. The van der Waals surface area contributed by atoms with Gasteiger partial charge in [0, 0.05) is 0 Å². The molecule has 0 unspecified atom stereocenters. The van der Waals surface area contributed by atoms with Gasteiger partial charge in [0.1, 0.15) is 18.3 Å². The van der Waals surface area contributed by atoms with Crippen molar-refractivity contribution in [2.45, 2.75) is 38.4 Å². The fourth-order valence-corrected chi connectivity index (χ4v) is 2.61. The maximum atomic E-state index is 6.08. The lowest BCUT2D eigenvalue weighted by Gasteiger charge is -2.32. The van der Waals surface area contributed by atoms with Crippen LogP contribution in [0.15, 0.2) is 73.0 Å². The van der Waals surface area contributed by atoms with Crippen molar-refractivity contribution in [2.75, 3.05) is 0 Å². The molecule has 0 radical (unpaired) electrons. The Morgan fingerprint density at radius 1 is 0.826 bits per heavy atom. The molecule has 0 saturated carbocycles. The van der Waals surface area contributed by atoms with E-state index in [1.807, 2.05) is 49.4 Å². The van der Waals surface area contributed by atoms with E-state index in [1.54, 1.807) is 6.26 Å². The van der Waals surface area contributed by atoms with Crippen molar-refractivity contribution in [3.8, 4) is 0 Å². The molecule has 1 aliphatic heterocycles. The number of hydrogen-bond donors (Lipinski definition) is 0. The van der Waals surface area contributed by atoms with Gasteiger partial charge in [-0.25, -0.2) is 0 Å². The van der Waals surface area contributed by atoms with E-state index in [4.69, 9.17) is 14.2 Å². The Morgan fingerprint density at radius 3 is 2.00 bits per heavy atom. The predicted octanol–water partition coefficient (Wildman–Crippen LogP) is 4.09. The summed E-state index contributed by atoms with van der Waals surface area (Å²) < 4.78 is 17.7. The molecule has 1 heterocycles. The monoisotopic (exact) mass is 310 g/mol. The molecule has 1 aliphatic rings. The molecule has 3 atom stereocenters. The van der Waals surface area contributed by atoms with Crippen LogP contribution in [0.4, 0.5) is 0 Å². The van der Waals surface area contributed by atoms with Gasteiger partial charge in [0.2, 0.25) is 0 Å². The normalized spacial score (nSPS) is 23.4. The van der Waals surface area contributed by atoms with Crippen LogP contribution < -0.4 is 0 Å². The largest absolute Gasteiger partial charge is 0.496 e. The Kier molecular flexibility index (Phi) is 5.46. The molecule has 120 valence electrons. The summed E-state index contributed by atoms with van der Waals surface area (Å²) in [5.41, 5.74) is 2.30. The molecule has 2 aromatic carbocycles. The van der Waals surface area contributed by atoms with Crippen molar-refractivity contribution in [1.29, 1.82) is 0 Å². The van der Waals surface area contributed by atoms with Crippen LogP contribution in [0.25, 0.3) is 0 Å². The summed E-state index contributed by atoms with van der Waals surface area (Å²) in [7, 11) is 0. The third-order valence-corrected chi connectivity index (χ3v) is 3.92. The Bertz CT molecular complexity index is 609. The minimum Gasteiger partial charge on any atom is -0.496 e. The third-order valence-electron chi connectivity index (χ3n) is 3.92. The molecular weight excluding hydrogens is 288 g/mol. The Hall–Kier alpha value is -2.10. The molecule has 3 heteroatoms. The molecule has 2 aromatic rings. The molecule has 3 rings (SSSR count). The van der Waals surface area contributed by atoms with Gasteiger partial charge >= 0.3 is 0 Å². The average molecular weight is 310 g/mol. The first-order valence-corrected chi connectivity index (χ1v) is 7.96. The molecule has 0 bridgehead atoms. The van der Waals surface area contributed by atoms with E-state index in [1.165, 1.54) is 0 Å². The molecule has 0 fully saturated rings. The van der Waals surface area contributed by atoms with Crippen molar-refractivity contribution < 1.29 is 14.2 Å². The molecule has 0 saturated heterocycles. The first-order chi connectivity index (χ1) is 11.3. The maximum Gasteiger partial charge on any atom is 0.124 e. The Morgan fingerprint density at radius 2 is 1.39 bits per heavy atom. The van der Waals surface area contributed by atoms with E-state index < -0.39 is 0 Å². The van der Waals surface area contributed by atoms with E-state index in [0.717, 1.165) is 11.1 Å². The second-order valence-corrected chi connectivity index (χ2v) is 5.69. The van der Waals surface area contributed by atoms with Gasteiger partial charge in [-0.15, -0.1) is 0 Å². The highest BCUT2D eigenvalue weighted by atomic mass is 16.6. The van der Waals surface area contributed by atoms with Crippen LogP contribution in [0.3, 0.4) is 0 Å². The summed E-state index contributed by atoms with van der Waals surface area (Å²) in [4.78, 5) is 0. The fourth-order valence-electron chi connectivity index (χ4n) is 2.61. The zero-order chi connectivity index (χ0) is 15.9. The lowest BCUT2D eigenvalue weighted by molar-refractivity contribution is -0.125. The van der Waals surface area contributed by atoms with Gasteiger partial charge in [-0.05, 0) is 24.1 Å². The van der Waals surface area contributed by atoms with Gasteiger partial charge in [0.05, 0.1) is 19.5 Å². The third kappa shape index (κ3) is 4.44. The average Bonchev–Trinajstić information content (AvgIpc) is 2.61. The van der Waals surface area contributed by atoms with Crippen LogP contribution in [0, 0.1) is 0 Å². The molecule has 0 spiro atoms. The summed E-state index contributed by atoms with van der Waals surface area (Å²) in [5, 5.41) is 0. The molecule has 0 amide bonds. The summed E-state index contributed by atoms with van der Waals surface area (Å²) in [5.74, 6) is 0. The predicted molar refractivity (Wildman–Crippen MR) is 89.7 cm³/mol. The smallest absolute Gasteiger partial charge is 0.124 e. The first kappa shape index (κ1) is 15.8. The summed E-state index contributed by atoms with van der Waals surface area (Å²) in [6.45, 7) is 3.13. The molecular formula is C20H22O3. The van der Waals surface area contributed by atoms with Gasteiger partial charge in [-0.3, -0.25) is 0 Å². The van der Waals surface area contributed by atoms with Crippen LogP contribution >= 0.6 is 0 Å². The lowest BCUT2D eigenvalue weighted by atomic mass is 10.1. The van der Waals surface area contributed by atoms with Crippen molar-refractivity contribution in [1.82, 2.24) is 0 Å². The van der Waals surface area contributed by atoms with Crippen LogP contribution in [0.5, 0.6) is 0 Å². The number of rotatable bonds is 6. The summed E-state index contributed by atoms with van der Waals surface area (Å²) in [6.07, 6.45) is 3.37. The number of ether oxygens (including phenoxy) is 3. The number of hydrogen-bond acceptors (Lipinski definition) is 3. The first-order valence-electron chi connectivity index (χ1n) is 7.96. The zero-order valence-corrected chi connectivity index (χ0v) is 13.3. The van der Waals surface area contributed by atoms with Gasteiger partial charge in [-0.1, -0.05) is 60.7 Å². The van der Waals surface area contributed by atoms with E-state index in [0.29, 0.717) is 13.2 Å². The van der Waals surface area contributed by atoms with Crippen molar-refractivity contribution >= 4 is 0 Å². The van der Waals surface area contributed by atoms with Crippen LogP contribution in [-0.4, -0.2) is 18.3 Å². The topological polar surface area (TPSA) is 27.7 Å². The van der Waals surface area contributed by atoms with Gasteiger partial charge < -0.3 is 14.2 Å². The van der Waals surface area contributed by atoms with Crippen molar-refractivity contribution in [3.63, 3.8) is 0 Å². The minimum absolute atomic E-state index is 0.0375. The summed E-state index contributed by atoms with van der Waals surface area (Å²) >= 11 is 0. The van der Waals surface area contributed by atoms with E-state index in [9.17, 15) is 0 Å². The highest BCUT2D eigenvalue weighted by molar-refractivity contribution is 5.15. The molecule has 0 aliphatic carbocycles. The van der Waals surface area contributed by atoms with Crippen molar-refractivity contribution in [2.24, 2.45) is 0 Å². The van der Waals surface area contributed by atoms with E-state index >= 15 is 0 Å². The second-order valence-electron chi connectivity index (χ2n) is 5.69. The van der Waals surface area contributed by atoms with Crippen LogP contribution in [0.2, 0.25) is 0 Å². The Labute approximate surface area is 137 Å². The second kappa shape index (κ2) is 7.95. The van der Waals surface area contributed by atoms with E-state index in [2.05, 4.69) is 24.3 Å². The zero-order valence-electron chi connectivity index (χ0n) is 13.3. The van der Waals surface area contributed by atoms with Gasteiger partial charge in [0.15, 0.2) is 0 Å². The van der Waals surface area contributed by atoms with Gasteiger partial charge in [-0.2, -0.15) is 0 Å². The maximum absolute atomic E-state index is 6.08. The quantitative estimate of drug-likeness (QED) is 0.804. The highest BCUT2D eigenvalue weighted by Crippen LogP contribution is 2.21. The number of benzene rings is 2. The highest BCUT2D eigenvalue weighted by Gasteiger charge is 2.30. The molecule has 3 nitrogen and oxygen atoms in total. The van der Waals surface area contributed by atoms with E-state index in [-0.39, 0.29) is 18.3 Å². The summed E-state index contributed by atoms with van der Waals surface area (Å²) in [6, 6.07) is 20.3. The standard InChI is InChI=1S/C20H22O3/c1-16-20(23-15-18-10-6-3-7-11-18)19(12-13-21-16)22-14-17-8-4-2-5-9-17/h2-13,16,19-20H,14-15H2,1H3/t16-,19-,20+/m0/s1. The molecule has 0 aromatic heterocycles. The van der Waals surface area contributed by atoms with Crippen LogP contribution in [-0.2, 0) is 27.4 Å². The SMILES string of the molecule is C[C@@H]1OC=C[C@H](OCc2ccccc2)[C@@H]1OCc1ccccc1. The van der Waals surface area contributed by atoms with Crippen molar-refractivity contribution in [3.05, 3.63) is 84.1 Å². The minimum atomic E-state index is -0.121. The molecule has 0 N–H and O–H groups in total. The molecule has 23 heavy (non-hydrogen) atoms. The Balaban J connectivity index is 1.60. The van der Waals surface area contributed by atoms with Crippen LogP contribution in [0.1, 0.15) is 18.1 Å². The van der Waals surface area contributed by atoms with Gasteiger partial charge in [0.25, 0.3) is 0 Å². The fraction of sp³-hybridized carbons (Fsp3) is 0.300.